The Morgan fingerprint density at radius 1 is 1.00 bits per heavy atom. The summed E-state index contributed by atoms with van der Waals surface area (Å²) in [5.41, 5.74) is 0.397. The molecule has 5 rings (SSSR count). The van der Waals surface area contributed by atoms with Crippen molar-refractivity contribution >= 4 is 22.7 Å². The van der Waals surface area contributed by atoms with Gasteiger partial charge < -0.3 is 13.9 Å². The quantitative estimate of drug-likeness (QED) is 0.408. The highest BCUT2D eigenvalue weighted by Gasteiger charge is 2.44. The molecule has 0 bridgehead atoms. The minimum Gasteiger partial charge on any atom is -0.490 e. The van der Waals surface area contributed by atoms with Crippen LogP contribution in [0.1, 0.15) is 41.6 Å². The van der Waals surface area contributed by atoms with Gasteiger partial charge in [-0.2, -0.15) is 0 Å². The average Bonchev–Trinajstić information content (AvgIpc) is 3.14. The van der Waals surface area contributed by atoms with Crippen LogP contribution in [0.3, 0.4) is 0 Å². The molecule has 4 aromatic rings. The third-order valence-electron chi connectivity index (χ3n) is 5.61. The van der Waals surface area contributed by atoms with Crippen molar-refractivity contribution in [3.8, 4) is 11.5 Å². The summed E-state index contributed by atoms with van der Waals surface area (Å²) in [6, 6.07) is 13.2. The summed E-state index contributed by atoms with van der Waals surface area (Å²) < 4.78 is 31.2. The first-order valence-electron chi connectivity index (χ1n) is 10.9. The van der Waals surface area contributed by atoms with Gasteiger partial charge in [-0.3, -0.25) is 14.5 Å². The fourth-order valence-electron chi connectivity index (χ4n) is 4.23. The molecule has 0 fully saturated rings. The second-order valence-corrected chi connectivity index (χ2v) is 7.65. The number of fused-ring (bicyclic) bond motifs is 2. The normalized spacial score (nSPS) is 15.0. The SMILES string of the molecule is CCOc1ccc(C2c3c(oc4ccc(F)cc4c3=O)C(=O)N2c2ccccn2)cc1OCC. The summed E-state index contributed by atoms with van der Waals surface area (Å²) >= 11 is 0. The summed E-state index contributed by atoms with van der Waals surface area (Å²) in [6.07, 6.45) is 1.56. The highest BCUT2D eigenvalue weighted by Crippen LogP contribution is 2.42. The van der Waals surface area contributed by atoms with Crippen molar-refractivity contribution in [3.63, 3.8) is 0 Å². The third-order valence-corrected chi connectivity index (χ3v) is 5.61. The van der Waals surface area contributed by atoms with Crippen LogP contribution in [0.15, 0.2) is 70.0 Å². The van der Waals surface area contributed by atoms with E-state index in [1.165, 1.54) is 17.0 Å². The topological polar surface area (TPSA) is 81.9 Å². The first-order valence-corrected chi connectivity index (χ1v) is 10.9. The van der Waals surface area contributed by atoms with Gasteiger partial charge in [0.25, 0.3) is 5.91 Å². The van der Waals surface area contributed by atoms with E-state index in [2.05, 4.69) is 4.98 Å². The molecule has 8 heteroatoms. The molecule has 0 saturated heterocycles. The van der Waals surface area contributed by atoms with Crippen LogP contribution in [0.4, 0.5) is 10.2 Å². The zero-order chi connectivity index (χ0) is 23.8. The Morgan fingerprint density at radius 3 is 2.53 bits per heavy atom. The Balaban J connectivity index is 1.78. The summed E-state index contributed by atoms with van der Waals surface area (Å²) in [7, 11) is 0. The highest BCUT2D eigenvalue weighted by molar-refractivity contribution is 6.10. The molecule has 2 aromatic heterocycles. The van der Waals surface area contributed by atoms with Crippen LogP contribution in [-0.4, -0.2) is 24.1 Å². The number of hydrogen-bond acceptors (Lipinski definition) is 6. The standard InChI is InChI=1S/C26H21FN2O5/c1-3-32-19-10-8-15(13-20(19)33-4-2)23-22-24(30)17-14-16(27)9-11-18(17)34-25(22)26(31)29(23)21-7-5-6-12-28-21/h5-14,23H,3-4H2,1-2H3. The maximum Gasteiger partial charge on any atom is 0.296 e. The fourth-order valence-corrected chi connectivity index (χ4v) is 4.23. The Kier molecular flexibility index (Phi) is 5.49. The molecule has 1 aliphatic rings. The minimum atomic E-state index is -0.851. The van der Waals surface area contributed by atoms with Gasteiger partial charge in [0.05, 0.1) is 30.2 Å². The van der Waals surface area contributed by atoms with E-state index in [4.69, 9.17) is 13.9 Å². The lowest BCUT2D eigenvalue weighted by Crippen LogP contribution is -2.30. The van der Waals surface area contributed by atoms with Gasteiger partial charge in [0.1, 0.15) is 17.2 Å². The van der Waals surface area contributed by atoms with E-state index in [0.29, 0.717) is 36.1 Å². The lowest BCUT2D eigenvalue weighted by molar-refractivity contribution is 0.0970. The molecular weight excluding hydrogens is 439 g/mol. The molecule has 1 unspecified atom stereocenters. The predicted molar refractivity (Wildman–Crippen MR) is 124 cm³/mol. The number of benzene rings is 2. The van der Waals surface area contributed by atoms with Crippen LogP contribution >= 0.6 is 0 Å². The highest BCUT2D eigenvalue weighted by atomic mass is 19.1. The molecule has 0 radical (unpaired) electrons. The number of carbonyl (C=O) groups excluding carboxylic acids is 1. The number of hydrogen-bond donors (Lipinski definition) is 0. The van der Waals surface area contributed by atoms with Gasteiger partial charge in [-0.25, -0.2) is 9.37 Å². The number of halogens is 1. The van der Waals surface area contributed by atoms with Crippen LogP contribution in [0.5, 0.6) is 11.5 Å². The summed E-state index contributed by atoms with van der Waals surface area (Å²) in [5.74, 6) is 0.224. The molecule has 0 spiro atoms. The van der Waals surface area contributed by atoms with Crippen molar-refractivity contribution in [1.29, 1.82) is 0 Å². The molecule has 7 nitrogen and oxygen atoms in total. The largest absolute Gasteiger partial charge is 0.490 e. The van der Waals surface area contributed by atoms with Gasteiger partial charge in [0.15, 0.2) is 16.9 Å². The van der Waals surface area contributed by atoms with E-state index in [1.807, 2.05) is 13.8 Å². The number of ether oxygens (including phenoxy) is 2. The smallest absolute Gasteiger partial charge is 0.296 e. The first-order chi connectivity index (χ1) is 16.5. The molecule has 172 valence electrons. The van der Waals surface area contributed by atoms with Crippen LogP contribution in [0.25, 0.3) is 11.0 Å². The van der Waals surface area contributed by atoms with E-state index < -0.39 is 23.2 Å². The predicted octanol–water partition coefficient (Wildman–Crippen LogP) is 4.87. The summed E-state index contributed by atoms with van der Waals surface area (Å²) in [6.45, 7) is 4.57. The number of pyridine rings is 1. The molecule has 0 aliphatic carbocycles. The third kappa shape index (κ3) is 3.48. The summed E-state index contributed by atoms with van der Waals surface area (Å²) in [5, 5.41) is 0.0652. The lowest BCUT2D eigenvalue weighted by Gasteiger charge is -2.25. The van der Waals surface area contributed by atoms with Gasteiger partial charge in [0, 0.05) is 6.20 Å². The number of nitrogens with zero attached hydrogens (tertiary/aromatic N) is 2. The van der Waals surface area contributed by atoms with Crippen molar-refractivity contribution in [2.24, 2.45) is 0 Å². The number of rotatable bonds is 6. The van der Waals surface area contributed by atoms with Crippen molar-refractivity contribution in [2.45, 2.75) is 19.9 Å². The molecule has 3 heterocycles. The van der Waals surface area contributed by atoms with E-state index in [9.17, 15) is 14.0 Å². The van der Waals surface area contributed by atoms with E-state index >= 15 is 0 Å². The van der Waals surface area contributed by atoms with Gasteiger partial charge in [-0.15, -0.1) is 0 Å². The zero-order valence-electron chi connectivity index (χ0n) is 18.6. The van der Waals surface area contributed by atoms with Crippen molar-refractivity contribution in [2.75, 3.05) is 18.1 Å². The maximum atomic E-state index is 14.0. The average molecular weight is 460 g/mol. The van der Waals surface area contributed by atoms with Gasteiger partial charge in [-0.05, 0) is 61.9 Å². The molecule has 0 N–H and O–H groups in total. The van der Waals surface area contributed by atoms with Crippen molar-refractivity contribution in [1.82, 2.24) is 4.98 Å². The molecule has 2 aromatic carbocycles. The Labute approximate surface area is 194 Å². The molecule has 1 amide bonds. The number of amides is 1. The number of aromatic nitrogens is 1. The number of anilines is 1. The van der Waals surface area contributed by atoms with E-state index in [0.717, 1.165) is 6.07 Å². The monoisotopic (exact) mass is 460 g/mol. The molecule has 0 saturated carbocycles. The van der Waals surface area contributed by atoms with Gasteiger partial charge >= 0.3 is 0 Å². The van der Waals surface area contributed by atoms with Crippen LogP contribution in [0.2, 0.25) is 0 Å². The van der Waals surface area contributed by atoms with Crippen molar-refractivity contribution in [3.05, 3.63) is 93.7 Å². The lowest BCUT2D eigenvalue weighted by atomic mass is 9.98. The minimum absolute atomic E-state index is 0.0652. The van der Waals surface area contributed by atoms with E-state index in [1.54, 1.807) is 42.6 Å². The Bertz CT molecular complexity index is 1450. The Hall–Kier alpha value is -4.20. The Morgan fingerprint density at radius 2 is 1.79 bits per heavy atom. The van der Waals surface area contributed by atoms with Crippen LogP contribution in [-0.2, 0) is 0 Å². The summed E-state index contributed by atoms with van der Waals surface area (Å²) in [4.78, 5) is 32.9. The van der Waals surface area contributed by atoms with E-state index in [-0.39, 0.29) is 22.3 Å². The second kappa shape index (κ2) is 8.62. The molecule has 34 heavy (non-hydrogen) atoms. The van der Waals surface area contributed by atoms with Crippen LogP contribution < -0.4 is 19.8 Å². The van der Waals surface area contributed by atoms with Crippen molar-refractivity contribution < 1.29 is 23.1 Å². The van der Waals surface area contributed by atoms with Gasteiger partial charge in [0.2, 0.25) is 5.76 Å². The number of carbonyl (C=O) groups is 1. The first kappa shape index (κ1) is 21.6. The van der Waals surface area contributed by atoms with Crippen LogP contribution in [0, 0.1) is 5.82 Å². The second-order valence-electron chi connectivity index (χ2n) is 7.65. The van der Waals surface area contributed by atoms with Gasteiger partial charge in [-0.1, -0.05) is 12.1 Å². The molecular formula is C26H21FN2O5. The molecule has 1 aliphatic heterocycles. The molecule has 1 atom stereocenters. The zero-order valence-corrected chi connectivity index (χ0v) is 18.6. The maximum absolute atomic E-state index is 14.0. The fraction of sp³-hybridized carbons (Fsp3) is 0.192.